The van der Waals surface area contributed by atoms with Crippen LogP contribution in [0.3, 0.4) is 0 Å². The monoisotopic (exact) mass is 727 g/mol. The Morgan fingerprint density at radius 1 is 0.620 bits per heavy atom. The minimum absolute atomic E-state index is 0.151. The number of hydrogen-bond donors (Lipinski definition) is 3. The molecule has 0 fully saturated rings. The highest BCUT2D eigenvalue weighted by Gasteiger charge is 2.28. The molecule has 1 unspecified atom stereocenters. The van der Waals surface area contributed by atoms with Crippen LogP contribution in [0.25, 0.3) is 0 Å². The Kier molecular flexibility index (Phi) is 31.9. The molecule has 0 aromatic heterocycles. The number of carbonyl (C=O) groups excluding carboxylic acids is 2. The molecule has 11 nitrogen and oxygen atoms in total. The van der Waals surface area contributed by atoms with E-state index in [-0.39, 0.29) is 19.4 Å². The van der Waals surface area contributed by atoms with Crippen LogP contribution in [0.15, 0.2) is 48.6 Å². The van der Waals surface area contributed by atoms with Crippen molar-refractivity contribution in [2.75, 3.05) is 19.8 Å². The number of carboxylic acids is 1. The maximum atomic E-state index is 12.4. The first kappa shape index (κ1) is 47.4. The average Bonchev–Trinajstić information content (AvgIpc) is 3.09. The van der Waals surface area contributed by atoms with Crippen LogP contribution in [-0.2, 0) is 37.5 Å². The predicted octanol–water partition coefficient (Wildman–Crippen LogP) is 9.05. The number of carbonyl (C=O) groups is 3. The first-order chi connectivity index (χ1) is 24.1. The first-order valence-corrected chi connectivity index (χ1v) is 20.2. The summed E-state index contributed by atoms with van der Waals surface area (Å²) in [6.07, 6.45) is 35.0. The van der Waals surface area contributed by atoms with Crippen LogP contribution in [-0.4, -0.2) is 59.9 Å². The molecule has 12 heteroatoms. The summed E-state index contributed by atoms with van der Waals surface area (Å²) in [6, 6.07) is -1.52. The number of allylic oxidation sites excluding steroid dienone is 8. The standard InChI is InChI=1S/C38H66NO10P/c1-3-5-7-9-11-12-13-14-15-16-17-18-19-20-21-22-24-25-27-29-36(40)46-31-34(32-47-50(44,45)48-33-35(39)38(42)43)49-37(41)30-28-26-23-10-8-6-4-2/h11-12,14-15,17-18,20-21,34-35H,3-10,13,16,19,22-33,39H2,1-2H3,(H,42,43)(H,44,45)/b12-11+,15-14+,18-17+,21-20+/t34-,35+/m0/s1. The van der Waals surface area contributed by atoms with Crippen LogP contribution >= 0.6 is 7.82 Å². The van der Waals surface area contributed by atoms with Crippen molar-refractivity contribution in [2.45, 2.75) is 154 Å². The minimum atomic E-state index is -4.71. The smallest absolute Gasteiger partial charge is 0.472 e. The van der Waals surface area contributed by atoms with Gasteiger partial charge in [0.2, 0.25) is 0 Å². The summed E-state index contributed by atoms with van der Waals surface area (Å²) in [4.78, 5) is 45.5. The summed E-state index contributed by atoms with van der Waals surface area (Å²) >= 11 is 0. The van der Waals surface area contributed by atoms with Crippen LogP contribution in [0.1, 0.15) is 142 Å². The van der Waals surface area contributed by atoms with Crippen LogP contribution in [0.5, 0.6) is 0 Å². The number of hydrogen-bond acceptors (Lipinski definition) is 9. The average molecular weight is 728 g/mol. The second kappa shape index (κ2) is 33.6. The quantitative estimate of drug-likeness (QED) is 0.0250. The van der Waals surface area contributed by atoms with E-state index in [0.717, 1.165) is 70.6 Å². The van der Waals surface area contributed by atoms with Crippen LogP contribution in [0.4, 0.5) is 0 Å². The van der Waals surface area contributed by atoms with E-state index in [2.05, 4.69) is 67.0 Å². The van der Waals surface area contributed by atoms with Gasteiger partial charge in [-0.2, -0.15) is 0 Å². The van der Waals surface area contributed by atoms with Crippen molar-refractivity contribution in [3.8, 4) is 0 Å². The molecule has 0 aliphatic carbocycles. The van der Waals surface area contributed by atoms with Crippen molar-refractivity contribution < 1.29 is 47.5 Å². The zero-order valence-electron chi connectivity index (χ0n) is 30.7. The Labute approximate surface area is 301 Å². The normalized spacial score (nSPS) is 14.5. The molecule has 0 saturated heterocycles. The topological polar surface area (TPSA) is 172 Å². The molecule has 0 amide bonds. The molecule has 3 atom stereocenters. The highest BCUT2D eigenvalue weighted by atomic mass is 31.2. The van der Waals surface area contributed by atoms with Crippen molar-refractivity contribution in [1.82, 2.24) is 0 Å². The number of phosphoric ester groups is 1. The summed E-state index contributed by atoms with van der Waals surface area (Å²) in [5.74, 6) is -2.43. The van der Waals surface area contributed by atoms with E-state index in [1.807, 2.05) is 0 Å². The third kappa shape index (κ3) is 32.6. The lowest BCUT2D eigenvalue weighted by atomic mass is 10.1. The Balaban J connectivity index is 4.40. The Bertz CT molecular complexity index is 1040. The maximum Gasteiger partial charge on any atom is 0.472 e. The third-order valence-corrected chi connectivity index (χ3v) is 8.53. The van der Waals surface area contributed by atoms with Gasteiger partial charge in [0.1, 0.15) is 12.6 Å². The number of rotatable bonds is 34. The lowest BCUT2D eigenvalue weighted by molar-refractivity contribution is -0.161. The summed E-state index contributed by atoms with van der Waals surface area (Å²) in [5.41, 5.74) is 5.30. The fraction of sp³-hybridized carbons (Fsp3) is 0.711. The van der Waals surface area contributed by atoms with Crippen LogP contribution < -0.4 is 5.73 Å². The highest BCUT2D eigenvalue weighted by molar-refractivity contribution is 7.47. The van der Waals surface area contributed by atoms with Crippen molar-refractivity contribution in [2.24, 2.45) is 5.73 Å². The number of carboxylic acid groups (broad SMARTS) is 1. The second-order valence-corrected chi connectivity index (χ2v) is 13.8. The van der Waals surface area contributed by atoms with Gasteiger partial charge in [0.05, 0.1) is 13.2 Å². The molecule has 288 valence electrons. The molecule has 0 aliphatic heterocycles. The molecule has 0 aromatic rings. The van der Waals surface area contributed by atoms with Gasteiger partial charge in [-0.3, -0.25) is 23.4 Å². The Morgan fingerprint density at radius 3 is 1.62 bits per heavy atom. The van der Waals surface area contributed by atoms with Crippen molar-refractivity contribution >= 4 is 25.7 Å². The molecule has 0 bridgehead atoms. The van der Waals surface area contributed by atoms with E-state index in [4.69, 9.17) is 24.8 Å². The van der Waals surface area contributed by atoms with E-state index >= 15 is 0 Å². The van der Waals surface area contributed by atoms with Gasteiger partial charge in [-0.05, 0) is 57.8 Å². The molecule has 0 heterocycles. The summed E-state index contributed by atoms with van der Waals surface area (Å²) in [7, 11) is -4.71. The van der Waals surface area contributed by atoms with Gasteiger partial charge in [0.15, 0.2) is 6.10 Å². The largest absolute Gasteiger partial charge is 0.480 e. The second-order valence-electron chi connectivity index (χ2n) is 12.4. The van der Waals surface area contributed by atoms with Crippen molar-refractivity contribution in [3.05, 3.63) is 48.6 Å². The third-order valence-electron chi connectivity index (χ3n) is 7.58. The van der Waals surface area contributed by atoms with Gasteiger partial charge in [-0.1, -0.05) is 120 Å². The van der Waals surface area contributed by atoms with Gasteiger partial charge in [-0.25, -0.2) is 4.57 Å². The lowest BCUT2D eigenvalue weighted by Crippen LogP contribution is -2.34. The molecular weight excluding hydrogens is 661 g/mol. The molecule has 0 radical (unpaired) electrons. The minimum Gasteiger partial charge on any atom is -0.480 e. The number of esters is 2. The van der Waals surface area contributed by atoms with E-state index in [1.54, 1.807) is 0 Å². The van der Waals surface area contributed by atoms with Gasteiger partial charge in [-0.15, -0.1) is 0 Å². The van der Waals surface area contributed by atoms with Gasteiger partial charge in [0.25, 0.3) is 0 Å². The fourth-order valence-electron chi connectivity index (χ4n) is 4.58. The summed E-state index contributed by atoms with van der Waals surface area (Å²) < 4.78 is 32.4. The van der Waals surface area contributed by atoms with Gasteiger partial charge in [0, 0.05) is 12.8 Å². The van der Waals surface area contributed by atoms with E-state index in [9.17, 15) is 23.8 Å². The molecule has 0 rings (SSSR count). The van der Waals surface area contributed by atoms with E-state index in [0.29, 0.717) is 12.8 Å². The van der Waals surface area contributed by atoms with Crippen molar-refractivity contribution in [1.29, 1.82) is 0 Å². The predicted molar refractivity (Wildman–Crippen MR) is 198 cm³/mol. The Hall–Kier alpha value is -2.56. The fourth-order valence-corrected chi connectivity index (χ4v) is 5.35. The number of unbranched alkanes of at least 4 members (excludes halogenated alkanes) is 12. The van der Waals surface area contributed by atoms with Gasteiger partial charge < -0.3 is 25.2 Å². The van der Waals surface area contributed by atoms with Gasteiger partial charge >= 0.3 is 25.7 Å². The maximum absolute atomic E-state index is 12.4. The number of nitrogens with two attached hydrogens (primary N) is 1. The van der Waals surface area contributed by atoms with E-state index < -0.39 is 51.1 Å². The van der Waals surface area contributed by atoms with Crippen LogP contribution in [0, 0.1) is 0 Å². The Morgan fingerprint density at radius 2 is 1.06 bits per heavy atom. The molecule has 4 N–H and O–H groups in total. The molecule has 50 heavy (non-hydrogen) atoms. The molecule has 0 saturated carbocycles. The molecule has 0 aliphatic rings. The SMILES string of the molecule is CCCCC/C=C/C/C=C/C/C=C/C/C=C/CCCCCC(=O)OC[C@@H](COP(=O)(O)OC[C@@H](N)C(=O)O)OC(=O)CCCCCCCCC. The van der Waals surface area contributed by atoms with Crippen molar-refractivity contribution in [3.63, 3.8) is 0 Å². The number of ether oxygens (including phenoxy) is 2. The number of aliphatic carboxylic acids is 1. The summed E-state index contributed by atoms with van der Waals surface area (Å²) in [6.45, 7) is 2.65. The highest BCUT2D eigenvalue weighted by Crippen LogP contribution is 2.43. The lowest BCUT2D eigenvalue weighted by Gasteiger charge is -2.20. The zero-order chi connectivity index (χ0) is 37.1. The molecule has 0 aromatic carbocycles. The number of phosphoric acid groups is 1. The van der Waals surface area contributed by atoms with E-state index in [1.165, 1.54) is 32.1 Å². The summed E-state index contributed by atoms with van der Waals surface area (Å²) in [5, 5.41) is 8.83. The molecular formula is C38H66NO10P. The molecule has 0 spiro atoms. The zero-order valence-corrected chi connectivity index (χ0v) is 31.6. The first-order valence-electron chi connectivity index (χ1n) is 18.7. The van der Waals surface area contributed by atoms with Crippen LogP contribution in [0.2, 0.25) is 0 Å².